The van der Waals surface area contributed by atoms with Crippen LogP contribution in [0.2, 0.25) is 18.1 Å². The Balaban J connectivity index is 1.95. The second-order valence-electron chi connectivity index (χ2n) is 13.0. The van der Waals surface area contributed by atoms with E-state index in [1.54, 1.807) is 7.05 Å². The fourth-order valence-corrected chi connectivity index (χ4v) is 5.79. The molecule has 1 aliphatic carbocycles. The molecule has 2 amide bonds. The summed E-state index contributed by atoms with van der Waals surface area (Å²) in [7, 11) is -0.0802. The minimum absolute atomic E-state index is 0.200. The molecule has 0 radical (unpaired) electrons. The molecule has 1 saturated carbocycles. The lowest BCUT2D eigenvalue weighted by Crippen LogP contribution is -2.47. The second kappa shape index (κ2) is 13.1. The molecule has 0 spiro atoms. The molecule has 1 atom stereocenters. The predicted octanol–water partition coefficient (Wildman–Crippen LogP) is 7.12. The van der Waals surface area contributed by atoms with Gasteiger partial charge >= 0.3 is 12.2 Å². The Labute approximate surface area is 225 Å². The molecule has 210 valence electrons. The molecule has 1 aromatic rings. The Bertz CT molecular complexity index is 855. The number of likely N-dealkylation sites (N-methyl/N-ethyl adjacent to an activating group) is 1. The van der Waals surface area contributed by atoms with Gasteiger partial charge in [0.15, 0.2) is 8.32 Å². The van der Waals surface area contributed by atoms with Gasteiger partial charge in [-0.3, -0.25) is 0 Å². The maximum atomic E-state index is 12.7. The van der Waals surface area contributed by atoms with Crippen molar-refractivity contribution in [1.29, 1.82) is 0 Å². The Morgan fingerprint density at radius 1 is 1.03 bits per heavy atom. The topological polar surface area (TPSA) is 77.1 Å². The molecule has 1 aliphatic rings. The molecular weight excluding hydrogens is 484 g/mol. The van der Waals surface area contributed by atoms with Gasteiger partial charge in [0.25, 0.3) is 0 Å². The summed E-state index contributed by atoms with van der Waals surface area (Å²) >= 11 is 0. The van der Waals surface area contributed by atoms with E-state index in [-0.39, 0.29) is 17.7 Å². The van der Waals surface area contributed by atoms with Crippen molar-refractivity contribution >= 4 is 20.5 Å². The predicted molar refractivity (Wildman–Crippen MR) is 151 cm³/mol. The number of ether oxygens (including phenoxy) is 2. The molecule has 37 heavy (non-hydrogen) atoms. The third kappa shape index (κ3) is 11.1. The van der Waals surface area contributed by atoms with Crippen molar-refractivity contribution in [2.45, 2.75) is 116 Å². The summed E-state index contributed by atoms with van der Waals surface area (Å²) in [6, 6.07) is 9.37. The average molecular weight is 535 g/mol. The van der Waals surface area contributed by atoms with Crippen LogP contribution < -0.4 is 5.32 Å². The second-order valence-corrected chi connectivity index (χ2v) is 17.8. The standard InChI is InChI=1S/C29H50N2O5Si/c1-28(2,3)35-26(32)30-24(20-31(7)27(33)34-21-23-13-11-10-12-14-23)19-22-15-17-25(18-16-22)36-37(8,9)29(4,5)6/h10-14,22,24-25H,15-21H2,1-9H3,(H,30,32)/t22-,24-,25-/m0/s1. The van der Waals surface area contributed by atoms with Gasteiger partial charge in [-0.1, -0.05) is 51.1 Å². The molecule has 0 bridgehead atoms. The van der Waals surface area contributed by atoms with Crippen LogP contribution in [0.3, 0.4) is 0 Å². The van der Waals surface area contributed by atoms with Crippen LogP contribution in [0, 0.1) is 5.92 Å². The average Bonchev–Trinajstić information content (AvgIpc) is 2.77. The van der Waals surface area contributed by atoms with Crippen molar-refractivity contribution in [2.24, 2.45) is 5.92 Å². The van der Waals surface area contributed by atoms with Crippen molar-refractivity contribution in [3.05, 3.63) is 35.9 Å². The summed E-state index contributed by atoms with van der Waals surface area (Å²) in [6.07, 6.45) is 4.38. The minimum atomic E-state index is -1.79. The summed E-state index contributed by atoms with van der Waals surface area (Å²) in [5.74, 6) is 0.452. The Hall–Kier alpha value is -2.06. The Kier molecular flexibility index (Phi) is 11.1. The summed E-state index contributed by atoms with van der Waals surface area (Å²) in [6.45, 7) is 17.6. The number of hydrogen-bond donors (Lipinski definition) is 1. The fraction of sp³-hybridized carbons (Fsp3) is 0.724. The highest BCUT2D eigenvalue weighted by Crippen LogP contribution is 2.40. The van der Waals surface area contributed by atoms with Crippen molar-refractivity contribution in [2.75, 3.05) is 13.6 Å². The maximum Gasteiger partial charge on any atom is 0.409 e. The molecule has 2 rings (SSSR count). The normalized spacial score (nSPS) is 19.6. The lowest BCUT2D eigenvalue weighted by Gasteiger charge is -2.41. The highest BCUT2D eigenvalue weighted by atomic mass is 28.4. The van der Waals surface area contributed by atoms with Crippen LogP contribution in [0.5, 0.6) is 0 Å². The quantitative estimate of drug-likeness (QED) is 0.341. The van der Waals surface area contributed by atoms with E-state index in [4.69, 9.17) is 13.9 Å². The zero-order valence-electron chi connectivity index (χ0n) is 24.6. The van der Waals surface area contributed by atoms with Gasteiger partial charge in [0.05, 0.1) is 6.04 Å². The highest BCUT2D eigenvalue weighted by molar-refractivity contribution is 6.74. The summed E-state index contributed by atoms with van der Waals surface area (Å²) in [5, 5.41) is 3.22. The molecule has 0 unspecified atom stereocenters. The molecule has 0 saturated heterocycles. The molecule has 7 nitrogen and oxygen atoms in total. The monoisotopic (exact) mass is 534 g/mol. The number of carbonyl (C=O) groups is 2. The smallest absolute Gasteiger partial charge is 0.409 e. The van der Waals surface area contributed by atoms with Crippen molar-refractivity contribution < 1.29 is 23.5 Å². The van der Waals surface area contributed by atoms with Crippen LogP contribution in [0.4, 0.5) is 9.59 Å². The first-order valence-electron chi connectivity index (χ1n) is 13.6. The van der Waals surface area contributed by atoms with E-state index < -0.39 is 26.1 Å². The van der Waals surface area contributed by atoms with E-state index in [1.165, 1.54) is 4.90 Å². The first kappa shape index (κ1) is 31.2. The van der Waals surface area contributed by atoms with E-state index in [0.717, 1.165) is 37.7 Å². The number of hydrogen-bond acceptors (Lipinski definition) is 5. The molecule has 1 fully saturated rings. The van der Waals surface area contributed by atoms with Gasteiger partial charge in [0, 0.05) is 19.7 Å². The number of nitrogens with zero attached hydrogens (tertiary/aromatic N) is 1. The minimum Gasteiger partial charge on any atom is -0.445 e. The number of amides is 2. The van der Waals surface area contributed by atoms with Gasteiger partial charge in [0.2, 0.25) is 0 Å². The zero-order chi connectivity index (χ0) is 27.9. The van der Waals surface area contributed by atoms with Crippen molar-refractivity contribution in [3.8, 4) is 0 Å². The van der Waals surface area contributed by atoms with Crippen molar-refractivity contribution in [1.82, 2.24) is 10.2 Å². The fourth-order valence-electron chi connectivity index (χ4n) is 4.37. The molecule has 8 heteroatoms. The van der Waals surface area contributed by atoms with E-state index in [1.807, 2.05) is 51.1 Å². The summed E-state index contributed by atoms with van der Waals surface area (Å²) in [5.41, 5.74) is 0.346. The van der Waals surface area contributed by atoms with E-state index >= 15 is 0 Å². The van der Waals surface area contributed by atoms with Crippen LogP contribution in [0.15, 0.2) is 30.3 Å². The molecule has 0 aliphatic heterocycles. The van der Waals surface area contributed by atoms with Crippen LogP contribution in [-0.2, 0) is 20.5 Å². The lowest BCUT2D eigenvalue weighted by molar-refractivity contribution is 0.0464. The van der Waals surface area contributed by atoms with Crippen LogP contribution in [0.1, 0.15) is 79.2 Å². The Morgan fingerprint density at radius 2 is 1.62 bits per heavy atom. The first-order chi connectivity index (χ1) is 17.1. The number of alkyl carbamates (subject to hydrolysis) is 1. The molecule has 1 N–H and O–H groups in total. The van der Waals surface area contributed by atoms with Gasteiger partial charge < -0.3 is 24.1 Å². The zero-order valence-corrected chi connectivity index (χ0v) is 25.6. The maximum absolute atomic E-state index is 12.7. The third-order valence-electron chi connectivity index (χ3n) is 7.41. The van der Waals surface area contributed by atoms with Gasteiger partial charge in [-0.2, -0.15) is 0 Å². The van der Waals surface area contributed by atoms with Gasteiger partial charge in [-0.15, -0.1) is 0 Å². The van der Waals surface area contributed by atoms with Gasteiger partial charge in [0.1, 0.15) is 12.2 Å². The largest absolute Gasteiger partial charge is 0.445 e. The highest BCUT2D eigenvalue weighted by Gasteiger charge is 2.40. The SMILES string of the molecule is CN(C[C@H](C[C@H]1CC[C@H](O[Si](C)(C)C(C)(C)C)CC1)NC(=O)OC(C)(C)C)C(=O)OCc1ccccc1. The van der Waals surface area contributed by atoms with Crippen LogP contribution in [-0.4, -0.2) is 56.7 Å². The third-order valence-corrected chi connectivity index (χ3v) is 11.9. The summed E-state index contributed by atoms with van der Waals surface area (Å²) < 4.78 is 17.6. The number of benzene rings is 1. The first-order valence-corrected chi connectivity index (χ1v) is 16.6. The van der Waals surface area contributed by atoms with Gasteiger partial charge in [-0.05, 0) is 82.5 Å². The molecule has 0 aromatic heterocycles. The van der Waals surface area contributed by atoms with Crippen LogP contribution >= 0.6 is 0 Å². The Morgan fingerprint density at radius 3 is 2.16 bits per heavy atom. The van der Waals surface area contributed by atoms with E-state index in [2.05, 4.69) is 39.2 Å². The molecule has 0 heterocycles. The number of nitrogens with one attached hydrogen (secondary N) is 1. The number of rotatable bonds is 9. The summed E-state index contributed by atoms with van der Waals surface area (Å²) in [4.78, 5) is 26.8. The van der Waals surface area contributed by atoms with Gasteiger partial charge in [-0.25, -0.2) is 9.59 Å². The molecule has 1 aromatic carbocycles. The molecular formula is C29H50N2O5Si. The number of carbonyl (C=O) groups excluding carboxylic acids is 2. The van der Waals surface area contributed by atoms with Crippen molar-refractivity contribution in [3.63, 3.8) is 0 Å². The van der Waals surface area contributed by atoms with E-state index in [9.17, 15) is 9.59 Å². The van der Waals surface area contributed by atoms with Crippen LogP contribution in [0.25, 0.3) is 0 Å². The lowest BCUT2D eigenvalue weighted by atomic mass is 9.83. The van der Waals surface area contributed by atoms with E-state index in [0.29, 0.717) is 18.6 Å².